The Kier molecular flexibility index (Phi) is 7.22. The van der Waals surface area contributed by atoms with Crippen molar-refractivity contribution in [2.24, 2.45) is 0 Å². The van der Waals surface area contributed by atoms with Crippen LogP contribution in [0.25, 0.3) is 0 Å². The van der Waals surface area contributed by atoms with Crippen molar-refractivity contribution < 1.29 is 28.9 Å². The Labute approximate surface area is 142 Å². The van der Waals surface area contributed by atoms with Crippen LogP contribution in [0.15, 0.2) is 12.1 Å². The summed E-state index contributed by atoms with van der Waals surface area (Å²) in [6.07, 6.45) is 0.887. The van der Waals surface area contributed by atoms with Gasteiger partial charge in [0, 0.05) is 6.61 Å². The Morgan fingerprint density at radius 3 is 2.46 bits per heavy atom. The molecule has 0 unspecified atom stereocenters. The van der Waals surface area contributed by atoms with E-state index in [0.717, 1.165) is 5.56 Å². The number of hydrogen-bond donors (Lipinski definition) is 1. The van der Waals surface area contributed by atoms with Crippen molar-refractivity contribution in [1.29, 1.82) is 0 Å². The summed E-state index contributed by atoms with van der Waals surface area (Å²) in [5.41, 5.74) is 0.399. The standard InChI is InChI=1S/C18H26O6/c1-12(2)23-15-9-13(6-7-19)8-14(10-20)17(15)22-11-16(21)24-18(3,4)5/h8-10,12,19H,6-7,11H2,1-5H3. The summed E-state index contributed by atoms with van der Waals surface area (Å²) in [4.78, 5) is 23.2. The molecule has 0 aromatic heterocycles. The Bertz CT molecular complexity index is 572. The smallest absolute Gasteiger partial charge is 0.344 e. The minimum Gasteiger partial charge on any atom is -0.487 e. The number of benzene rings is 1. The summed E-state index contributed by atoms with van der Waals surface area (Å²) in [7, 11) is 0. The van der Waals surface area contributed by atoms with Crippen molar-refractivity contribution in [2.75, 3.05) is 13.2 Å². The summed E-state index contributed by atoms with van der Waals surface area (Å²) in [5.74, 6) is 0.0298. The van der Waals surface area contributed by atoms with Gasteiger partial charge in [0.05, 0.1) is 11.7 Å². The van der Waals surface area contributed by atoms with Gasteiger partial charge >= 0.3 is 5.97 Å². The number of carbonyl (C=O) groups excluding carboxylic acids is 2. The molecule has 0 fully saturated rings. The number of carbonyl (C=O) groups is 2. The second kappa shape index (κ2) is 8.68. The Hall–Kier alpha value is -2.08. The quantitative estimate of drug-likeness (QED) is 0.579. The van der Waals surface area contributed by atoms with Crippen molar-refractivity contribution in [3.05, 3.63) is 23.3 Å². The molecule has 1 rings (SSSR count). The van der Waals surface area contributed by atoms with E-state index in [9.17, 15) is 9.59 Å². The highest BCUT2D eigenvalue weighted by Crippen LogP contribution is 2.33. The van der Waals surface area contributed by atoms with Crippen molar-refractivity contribution in [2.45, 2.75) is 52.7 Å². The van der Waals surface area contributed by atoms with Gasteiger partial charge in [0.25, 0.3) is 0 Å². The third-order valence-electron chi connectivity index (χ3n) is 2.79. The highest BCUT2D eigenvalue weighted by molar-refractivity contribution is 5.82. The zero-order valence-electron chi connectivity index (χ0n) is 14.9. The van der Waals surface area contributed by atoms with Gasteiger partial charge < -0.3 is 19.3 Å². The van der Waals surface area contributed by atoms with E-state index in [1.165, 1.54) is 0 Å². The van der Waals surface area contributed by atoms with Crippen LogP contribution in [0, 0.1) is 0 Å². The predicted molar refractivity (Wildman–Crippen MR) is 89.7 cm³/mol. The van der Waals surface area contributed by atoms with Crippen molar-refractivity contribution in [3.63, 3.8) is 0 Å². The number of aliphatic hydroxyl groups is 1. The van der Waals surface area contributed by atoms with E-state index in [0.29, 0.717) is 18.5 Å². The molecule has 6 heteroatoms. The molecule has 0 spiro atoms. The molecule has 0 heterocycles. The van der Waals surface area contributed by atoms with Crippen LogP contribution >= 0.6 is 0 Å². The van der Waals surface area contributed by atoms with Gasteiger partial charge in [0.2, 0.25) is 0 Å². The number of ether oxygens (including phenoxy) is 3. The molecule has 0 bridgehead atoms. The highest BCUT2D eigenvalue weighted by atomic mass is 16.6. The fourth-order valence-electron chi connectivity index (χ4n) is 2.04. The zero-order chi connectivity index (χ0) is 18.3. The average molecular weight is 338 g/mol. The number of hydrogen-bond acceptors (Lipinski definition) is 6. The molecular formula is C18H26O6. The molecule has 0 aliphatic rings. The monoisotopic (exact) mass is 338 g/mol. The van der Waals surface area contributed by atoms with E-state index in [-0.39, 0.29) is 30.6 Å². The number of rotatable bonds is 8. The van der Waals surface area contributed by atoms with Gasteiger partial charge in [-0.25, -0.2) is 4.79 Å². The first kappa shape index (κ1) is 20.0. The number of aliphatic hydroxyl groups excluding tert-OH is 1. The maximum Gasteiger partial charge on any atom is 0.344 e. The first-order valence-corrected chi connectivity index (χ1v) is 7.90. The van der Waals surface area contributed by atoms with Crippen molar-refractivity contribution >= 4 is 12.3 Å². The third-order valence-corrected chi connectivity index (χ3v) is 2.79. The van der Waals surface area contributed by atoms with Crippen molar-refractivity contribution in [1.82, 2.24) is 0 Å². The van der Waals surface area contributed by atoms with E-state index in [2.05, 4.69) is 0 Å². The van der Waals surface area contributed by atoms with Gasteiger partial charge in [-0.1, -0.05) is 0 Å². The van der Waals surface area contributed by atoms with Crippen LogP contribution in [0.2, 0.25) is 0 Å². The van der Waals surface area contributed by atoms with Crippen LogP contribution in [-0.2, 0) is 16.0 Å². The minimum absolute atomic E-state index is 0.0441. The summed E-state index contributed by atoms with van der Waals surface area (Å²) in [6.45, 7) is 8.60. The van der Waals surface area contributed by atoms with Gasteiger partial charge in [-0.05, 0) is 58.7 Å². The second-order valence-corrected chi connectivity index (χ2v) is 6.65. The summed E-state index contributed by atoms with van der Waals surface area (Å²) < 4.78 is 16.4. The van der Waals surface area contributed by atoms with Crippen LogP contribution in [0.3, 0.4) is 0 Å². The summed E-state index contributed by atoms with van der Waals surface area (Å²) in [6, 6.07) is 3.31. The molecule has 134 valence electrons. The lowest BCUT2D eigenvalue weighted by Gasteiger charge is -2.21. The molecule has 0 saturated carbocycles. The maximum absolute atomic E-state index is 11.8. The maximum atomic E-state index is 11.8. The van der Waals surface area contributed by atoms with Crippen LogP contribution in [0.1, 0.15) is 50.5 Å². The van der Waals surface area contributed by atoms with Gasteiger partial charge in [-0.3, -0.25) is 4.79 Å². The van der Waals surface area contributed by atoms with Crippen LogP contribution < -0.4 is 9.47 Å². The molecule has 0 radical (unpaired) electrons. The topological polar surface area (TPSA) is 82.1 Å². The lowest BCUT2D eigenvalue weighted by Crippen LogP contribution is -2.27. The van der Waals surface area contributed by atoms with E-state index in [1.54, 1.807) is 32.9 Å². The first-order chi connectivity index (χ1) is 11.2. The summed E-state index contributed by atoms with van der Waals surface area (Å²) in [5, 5.41) is 9.09. The predicted octanol–water partition coefficient (Wildman–Crippen LogP) is 2.54. The van der Waals surface area contributed by atoms with Gasteiger partial charge in [0.1, 0.15) is 5.60 Å². The third kappa shape index (κ3) is 6.58. The molecule has 24 heavy (non-hydrogen) atoms. The van der Waals surface area contributed by atoms with Gasteiger partial charge in [-0.15, -0.1) is 0 Å². The molecule has 1 aromatic rings. The average Bonchev–Trinajstić information content (AvgIpc) is 2.43. The SMILES string of the molecule is CC(C)Oc1cc(CCO)cc(C=O)c1OCC(=O)OC(C)(C)C. The Balaban J connectivity index is 3.05. The van der Waals surface area contributed by atoms with Crippen LogP contribution in [0.4, 0.5) is 0 Å². The van der Waals surface area contributed by atoms with Gasteiger partial charge in [-0.2, -0.15) is 0 Å². The molecule has 0 amide bonds. The van der Waals surface area contributed by atoms with Crippen LogP contribution in [0.5, 0.6) is 11.5 Å². The second-order valence-electron chi connectivity index (χ2n) is 6.65. The van der Waals surface area contributed by atoms with Crippen molar-refractivity contribution in [3.8, 4) is 11.5 Å². The van der Waals surface area contributed by atoms with E-state index in [1.807, 2.05) is 13.8 Å². The molecule has 1 aromatic carbocycles. The number of aldehydes is 1. The van der Waals surface area contributed by atoms with Gasteiger partial charge in [0.15, 0.2) is 24.4 Å². The fraction of sp³-hybridized carbons (Fsp3) is 0.556. The fourth-order valence-corrected chi connectivity index (χ4v) is 2.04. The summed E-state index contributed by atoms with van der Waals surface area (Å²) >= 11 is 0. The number of esters is 1. The van der Waals surface area contributed by atoms with E-state index >= 15 is 0 Å². The normalized spacial score (nSPS) is 11.3. The van der Waals surface area contributed by atoms with E-state index < -0.39 is 11.6 Å². The van der Waals surface area contributed by atoms with Crippen LogP contribution in [-0.4, -0.2) is 42.3 Å². The molecule has 0 aliphatic carbocycles. The lowest BCUT2D eigenvalue weighted by molar-refractivity contribution is -0.157. The Morgan fingerprint density at radius 2 is 1.96 bits per heavy atom. The molecule has 0 saturated heterocycles. The Morgan fingerprint density at radius 1 is 1.29 bits per heavy atom. The minimum atomic E-state index is -0.615. The lowest BCUT2D eigenvalue weighted by atomic mass is 10.1. The first-order valence-electron chi connectivity index (χ1n) is 7.90. The van der Waals surface area contributed by atoms with E-state index in [4.69, 9.17) is 19.3 Å². The highest BCUT2D eigenvalue weighted by Gasteiger charge is 2.20. The largest absolute Gasteiger partial charge is 0.487 e. The zero-order valence-corrected chi connectivity index (χ0v) is 14.9. The molecule has 1 N–H and O–H groups in total. The molecule has 0 atom stereocenters. The molecule has 0 aliphatic heterocycles. The molecular weight excluding hydrogens is 312 g/mol. The molecule has 6 nitrogen and oxygen atoms in total.